The first-order valence-electron chi connectivity index (χ1n) is 7.40. The van der Waals surface area contributed by atoms with E-state index in [1.54, 1.807) is 7.11 Å². The lowest BCUT2D eigenvalue weighted by atomic mass is 9.99. The van der Waals surface area contributed by atoms with Crippen LogP contribution in [0.5, 0.6) is 5.75 Å². The molecule has 0 aliphatic heterocycles. The molecule has 0 radical (unpaired) electrons. The van der Waals surface area contributed by atoms with Crippen LogP contribution >= 0.6 is 11.6 Å². The summed E-state index contributed by atoms with van der Waals surface area (Å²) in [5.74, 6) is 0.870. The second kappa shape index (κ2) is 9.84. The molecule has 1 unspecified atom stereocenters. The van der Waals surface area contributed by atoms with Crippen molar-refractivity contribution in [1.82, 2.24) is 5.32 Å². The van der Waals surface area contributed by atoms with Gasteiger partial charge in [-0.1, -0.05) is 43.5 Å². The molecule has 20 heavy (non-hydrogen) atoms. The minimum atomic E-state index is 0.330. The van der Waals surface area contributed by atoms with E-state index in [0.29, 0.717) is 11.1 Å². The maximum absolute atomic E-state index is 6.03. The van der Waals surface area contributed by atoms with Gasteiger partial charge in [0.05, 0.1) is 7.11 Å². The van der Waals surface area contributed by atoms with E-state index < -0.39 is 0 Å². The van der Waals surface area contributed by atoms with Crippen molar-refractivity contribution in [2.75, 3.05) is 13.7 Å². The lowest BCUT2D eigenvalue weighted by molar-refractivity contribution is 0.393. The molecule has 1 rings (SSSR count). The molecule has 0 saturated carbocycles. The van der Waals surface area contributed by atoms with E-state index >= 15 is 0 Å². The van der Waals surface area contributed by atoms with E-state index in [4.69, 9.17) is 16.3 Å². The summed E-state index contributed by atoms with van der Waals surface area (Å²) in [5, 5.41) is 4.26. The summed E-state index contributed by atoms with van der Waals surface area (Å²) in [6.45, 7) is 6.84. The van der Waals surface area contributed by atoms with Gasteiger partial charge in [0.15, 0.2) is 0 Å². The third kappa shape index (κ3) is 5.56. The number of halogens is 1. The Balaban J connectivity index is 2.67. The highest BCUT2D eigenvalue weighted by Crippen LogP contribution is 2.31. The van der Waals surface area contributed by atoms with Crippen LogP contribution in [0.1, 0.15) is 50.6 Å². The van der Waals surface area contributed by atoms with E-state index in [0.717, 1.165) is 25.1 Å². The van der Waals surface area contributed by atoms with Gasteiger partial charge in [-0.3, -0.25) is 0 Å². The number of allylic oxidation sites excluding steroid dienone is 1. The summed E-state index contributed by atoms with van der Waals surface area (Å²) < 4.78 is 5.46. The van der Waals surface area contributed by atoms with Crippen LogP contribution in [0.2, 0.25) is 5.02 Å². The Labute approximate surface area is 128 Å². The molecule has 0 saturated heterocycles. The molecule has 0 bridgehead atoms. The number of hydrogen-bond acceptors (Lipinski definition) is 2. The van der Waals surface area contributed by atoms with Crippen molar-refractivity contribution in [3.05, 3.63) is 41.4 Å². The Hall–Kier alpha value is -0.990. The maximum atomic E-state index is 6.03. The number of rotatable bonds is 10. The van der Waals surface area contributed by atoms with Gasteiger partial charge < -0.3 is 10.1 Å². The highest BCUT2D eigenvalue weighted by atomic mass is 35.5. The molecule has 1 atom stereocenters. The fourth-order valence-corrected chi connectivity index (χ4v) is 2.56. The third-order valence-corrected chi connectivity index (χ3v) is 3.66. The molecule has 1 N–H and O–H groups in total. The molecule has 112 valence electrons. The first-order valence-corrected chi connectivity index (χ1v) is 7.78. The normalized spacial score (nSPS) is 12.2. The van der Waals surface area contributed by atoms with Crippen LogP contribution in [0.4, 0.5) is 0 Å². The Morgan fingerprint density at radius 2 is 2.15 bits per heavy atom. The predicted octanol–water partition coefficient (Wildman–Crippen LogP) is 5.14. The Bertz CT molecular complexity index is 406. The minimum Gasteiger partial charge on any atom is -0.496 e. The second-order valence-electron chi connectivity index (χ2n) is 4.92. The Kier molecular flexibility index (Phi) is 8.40. The lowest BCUT2D eigenvalue weighted by Gasteiger charge is -2.21. The van der Waals surface area contributed by atoms with Gasteiger partial charge in [-0.25, -0.2) is 0 Å². The number of nitrogens with one attached hydrogen (secondary N) is 1. The van der Waals surface area contributed by atoms with Crippen molar-refractivity contribution in [3.63, 3.8) is 0 Å². The summed E-state index contributed by atoms with van der Waals surface area (Å²) in [4.78, 5) is 0. The van der Waals surface area contributed by atoms with E-state index in [-0.39, 0.29) is 0 Å². The first kappa shape index (κ1) is 17.1. The zero-order valence-corrected chi connectivity index (χ0v) is 13.4. The highest BCUT2D eigenvalue weighted by Gasteiger charge is 2.15. The number of hydrogen-bond donors (Lipinski definition) is 1. The maximum Gasteiger partial charge on any atom is 0.125 e. The quantitative estimate of drug-likeness (QED) is 0.477. The number of benzene rings is 1. The average molecular weight is 296 g/mol. The molecule has 3 heteroatoms. The number of unbranched alkanes of at least 4 members (excludes halogenated alkanes) is 3. The van der Waals surface area contributed by atoms with E-state index in [1.165, 1.54) is 24.8 Å². The van der Waals surface area contributed by atoms with Gasteiger partial charge in [0.1, 0.15) is 5.75 Å². The van der Waals surface area contributed by atoms with Crippen molar-refractivity contribution in [3.8, 4) is 5.75 Å². The summed E-state index contributed by atoms with van der Waals surface area (Å²) in [6.07, 6.45) is 7.88. The molecule has 1 aromatic carbocycles. The Morgan fingerprint density at radius 1 is 1.35 bits per heavy atom. The van der Waals surface area contributed by atoms with Crippen LogP contribution in [0.15, 0.2) is 30.9 Å². The monoisotopic (exact) mass is 295 g/mol. The topological polar surface area (TPSA) is 21.3 Å². The van der Waals surface area contributed by atoms with Gasteiger partial charge in [0.2, 0.25) is 0 Å². The fraction of sp³-hybridized carbons (Fsp3) is 0.529. The first-order chi connectivity index (χ1) is 9.72. The number of ether oxygens (including phenoxy) is 1. The molecule has 2 nitrogen and oxygen atoms in total. The summed E-state index contributed by atoms with van der Waals surface area (Å²) >= 11 is 6.03. The largest absolute Gasteiger partial charge is 0.496 e. The van der Waals surface area contributed by atoms with Crippen LogP contribution in [-0.4, -0.2) is 13.7 Å². The molecule has 0 spiro atoms. The average Bonchev–Trinajstić information content (AvgIpc) is 2.46. The van der Waals surface area contributed by atoms with Gasteiger partial charge in [-0.05, 0) is 37.9 Å². The van der Waals surface area contributed by atoms with E-state index in [2.05, 4.69) is 24.9 Å². The van der Waals surface area contributed by atoms with Crippen molar-refractivity contribution in [1.29, 1.82) is 0 Å². The molecule has 0 fully saturated rings. The molecule has 0 aliphatic carbocycles. The summed E-state index contributed by atoms with van der Waals surface area (Å²) in [5.41, 5.74) is 1.20. The molecule has 0 aliphatic rings. The van der Waals surface area contributed by atoms with Crippen LogP contribution in [0.25, 0.3) is 0 Å². The van der Waals surface area contributed by atoms with Crippen molar-refractivity contribution < 1.29 is 4.74 Å². The molecule has 0 heterocycles. The van der Waals surface area contributed by atoms with Gasteiger partial charge >= 0.3 is 0 Å². The summed E-state index contributed by atoms with van der Waals surface area (Å²) in [7, 11) is 1.70. The van der Waals surface area contributed by atoms with Crippen molar-refractivity contribution >= 4 is 11.6 Å². The van der Waals surface area contributed by atoms with E-state index in [1.807, 2.05) is 18.2 Å². The predicted molar refractivity (Wildman–Crippen MR) is 87.7 cm³/mol. The zero-order valence-electron chi connectivity index (χ0n) is 12.6. The second-order valence-corrected chi connectivity index (χ2v) is 5.36. The molecular formula is C17H26ClNO. The van der Waals surface area contributed by atoms with Crippen LogP contribution in [0.3, 0.4) is 0 Å². The van der Waals surface area contributed by atoms with Crippen LogP contribution in [-0.2, 0) is 0 Å². The van der Waals surface area contributed by atoms with Gasteiger partial charge in [-0.2, -0.15) is 0 Å². The highest BCUT2D eigenvalue weighted by molar-refractivity contribution is 6.30. The smallest absolute Gasteiger partial charge is 0.125 e. The molecule has 1 aromatic rings. The number of methoxy groups -OCH3 is 1. The van der Waals surface area contributed by atoms with Crippen LogP contribution < -0.4 is 10.1 Å². The SMILES string of the molecule is C=CCCCCCC(NCC)c1ccc(Cl)cc1OC. The molecule has 0 amide bonds. The van der Waals surface area contributed by atoms with E-state index in [9.17, 15) is 0 Å². The summed E-state index contributed by atoms with van der Waals surface area (Å²) in [6, 6.07) is 6.22. The molecule has 0 aromatic heterocycles. The minimum absolute atomic E-state index is 0.330. The Morgan fingerprint density at radius 3 is 2.80 bits per heavy atom. The van der Waals surface area contributed by atoms with Crippen molar-refractivity contribution in [2.45, 2.75) is 45.1 Å². The van der Waals surface area contributed by atoms with Gasteiger partial charge in [-0.15, -0.1) is 6.58 Å². The zero-order chi connectivity index (χ0) is 14.8. The molecular weight excluding hydrogens is 270 g/mol. The lowest BCUT2D eigenvalue weighted by Crippen LogP contribution is -2.21. The third-order valence-electron chi connectivity index (χ3n) is 3.42. The van der Waals surface area contributed by atoms with Crippen molar-refractivity contribution in [2.24, 2.45) is 0 Å². The van der Waals surface area contributed by atoms with Crippen LogP contribution in [0, 0.1) is 0 Å². The van der Waals surface area contributed by atoms with Gasteiger partial charge in [0.25, 0.3) is 0 Å². The van der Waals surface area contributed by atoms with Gasteiger partial charge in [0, 0.05) is 16.6 Å². The standard InChI is InChI=1S/C17H26ClNO/c1-4-6-7-8-9-10-16(19-5-2)15-12-11-14(18)13-17(15)20-3/h4,11-13,16,19H,1,5-10H2,2-3H3. The fourth-order valence-electron chi connectivity index (χ4n) is 2.40.